The van der Waals surface area contributed by atoms with E-state index in [9.17, 15) is 14.4 Å². The number of nitrogens with zero attached hydrogens (tertiary/aromatic N) is 2. The van der Waals surface area contributed by atoms with E-state index >= 15 is 0 Å². The lowest BCUT2D eigenvalue weighted by atomic mass is 10.1. The van der Waals surface area contributed by atoms with Gasteiger partial charge in [-0.1, -0.05) is 42.5 Å². The number of hydrogen-bond donors (Lipinski definition) is 1. The zero-order valence-electron chi connectivity index (χ0n) is 19.0. The first-order valence-electron chi connectivity index (χ1n) is 10.9. The Kier molecular flexibility index (Phi) is 8.71. The van der Waals surface area contributed by atoms with Crippen molar-refractivity contribution in [2.75, 3.05) is 20.3 Å². The van der Waals surface area contributed by atoms with Gasteiger partial charge in [0.25, 0.3) is 11.5 Å². The summed E-state index contributed by atoms with van der Waals surface area (Å²) in [4.78, 5) is 41.6. The minimum Gasteiger partial charge on any atom is -0.456 e. The number of amides is 1. The summed E-state index contributed by atoms with van der Waals surface area (Å²) in [6, 6.07) is 17.2. The second-order valence-corrected chi connectivity index (χ2v) is 7.82. The molecule has 1 aromatic heterocycles. The molecule has 1 amide bonds. The normalized spacial score (nSPS) is 11.8. The molecular formula is C25H29N3O5. The van der Waals surface area contributed by atoms with Crippen LogP contribution < -0.4 is 10.9 Å². The van der Waals surface area contributed by atoms with Gasteiger partial charge in [-0.2, -0.15) is 0 Å². The summed E-state index contributed by atoms with van der Waals surface area (Å²) in [6.07, 6.45) is 0.794. The topological polar surface area (TPSA) is 99.5 Å². The van der Waals surface area contributed by atoms with Crippen LogP contribution in [0.5, 0.6) is 0 Å². The number of benzene rings is 2. The molecule has 3 rings (SSSR count). The number of nitrogens with one attached hydrogen (secondary N) is 1. The Hall–Kier alpha value is -3.52. The van der Waals surface area contributed by atoms with Crippen LogP contribution in [0.1, 0.15) is 24.6 Å². The molecule has 3 aromatic rings. The van der Waals surface area contributed by atoms with Crippen LogP contribution in [0.2, 0.25) is 0 Å². The van der Waals surface area contributed by atoms with Gasteiger partial charge in [0.05, 0.1) is 24.1 Å². The van der Waals surface area contributed by atoms with Crippen molar-refractivity contribution in [3.8, 4) is 0 Å². The summed E-state index contributed by atoms with van der Waals surface area (Å²) in [6.45, 7) is 2.28. The van der Waals surface area contributed by atoms with Crippen molar-refractivity contribution < 1.29 is 19.1 Å². The van der Waals surface area contributed by atoms with Gasteiger partial charge in [-0.25, -0.2) is 4.98 Å². The summed E-state index contributed by atoms with van der Waals surface area (Å²) < 4.78 is 11.7. The first-order valence-corrected chi connectivity index (χ1v) is 10.9. The zero-order valence-corrected chi connectivity index (χ0v) is 19.0. The number of rotatable bonds is 11. The molecule has 0 saturated carbocycles. The molecule has 0 fully saturated rings. The number of esters is 1. The average molecular weight is 452 g/mol. The highest BCUT2D eigenvalue weighted by Gasteiger charge is 2.15. The van der Waals surface area contributed by atoms with Crippen LogP contribution >= 0.6 is 0 Å². The van der Waals surface area contributed by atoms with Gasteiger partial charge < -0.3 is 19.4 Å². The molecule has 1 unspecified atom stereocenters. The molecule has 8 heteroatoms. The van der Waals surface area contributed by atoms with E-state index in [1.54, 1.807) is 18.6 Å². The number of aryl methyl sites for hydroxylation is 3. The third-order valence-corrected chi connectivity index (χ3v) is 5.14. The van der Waals surface area contributed by atoms with Crippen LogP contribution in [-0.2, 0) is 38.4 Å². The largest absolute Gasteiger partial charge is 0.456 e. The monoisotopic (exact) mass is 451 g/mol. The standard InChI is InChI=1S/C25H29N3O5/c1-18(16-32-2)26-23(29)17-33-24(30)13-12-21-25(31)28(15-14-19-8-4-3-5-9-19)22-11-7-6-10-20(22)27-21/h3-11,18H,12-17H2,1-2H3,(H,26,29). The van der Waals surface area contributed by atoms with Crippen molar-refractivity contribution >= 4 is 22.9 Å². The van der Waals surface area contributed by atoms with Gasteiger partial charge in [0, 0.05) is 26.1 Å². The molecule has 0 aliphatic rings. The Bertz CT molecular complexity index is 1140. The van der Waals surface area contributed by atoms with Crippen molar-refractivity contribution in [3.05, 3.63) is 76.2 Å². The Morgan fingerprint density at radius 1 is 1.06 bits per heavy atom. The van der Waals surface area contributed by atoms with E-state index in [4.69, 9.17) is 9.47 Å². The number of para-hydroxylation sites is 2. The number of carbonyl (C=O) groups excluding carboxylic acids is 2. The zero-order chi connectivity index (χ0) is 23.6. The smallest absolute Gasteiger partial charge is 0.306 e. The molecule has 2 aromatic carbocycles. The molecular weight excluding hydrogens is 422 g/mol. The first kappa shape index (κ1) is 24.1. The SMILES string of the molecule is COCC(C)NC(=O)COC(=O)CCc1nc2ccccc2n(CCc2ccccc2)c1=O. The number of ether oxygens (including phenoxy) is 2. The predicted octanol–water partition coefficient (Wildman–Crippen LogP) is 2.27. The fraction of sp³-hybridized carbons (Fsp3) is 0.360. The van der Waals surface area contributed by atoms with E-state index in [0.29, 0.717) is 30.8 Å². The highest BCUT2D eigenvalue weighted by atomic mass is 16.5. The van der Waals surface area contributed by atoms with E-state index in [0.717, 1.165) is 11.1 Å². The van der Waals surface area contributed by atoms with E-state index in [2.05, 4.69) is 10.3 Å². The maximum atomic E-state index is 13.1. The number of methoxy groups -OCH3 is 1. The quantitative estimate of drug-likeness (QED) is 0.449. The predicted molar refractivity (Wildman–Crippen MR) is 125 cm³/mol. The van der Waals surface area contributed by atoms with Crippen LogP contribution in [0.3, 0.4) is 0 Å². The van der Waals surface area contributed by atoms with Crippen LogP contribution in [0.15, 0.2) is 59.4 Å². The average Bonchev–Trinajstić information content (AvgIpc) is 2.81. The molecule has 33 heavy (non-hydrogen) atoms. The third kappa shape index (κ3) is 6.98. The van der Waals surface area contributed by atoms with E-state index in [-0.39, 0.29) is 31.0 Å². The molecule has 8 nitrogen and oxygen atoms in total. The number of hydrogen-bond acceptors (Lipinski definition) is 6. The van der Waals surface area contributed by atoms with Gasteiger partial charge in [-0.15, -0.1) is 0 Å². The molecule has 0 aliphatic carbocycles. The minimum atomic E-state index is -0.560. The third-order valence-electron chi connectivity index (χ3n) is 5.14. The second-order valence-electron chi connectivity index (χ2n) is 7.82. The minimum absolute atomic E-state index is 0.0415. The Morgan fingerprint density at radius 2 is 1.79 bits per heavy atom. The Balaban J connectivity index is 1.65. The lowest BCUT2D eigenvalue weighted by molar-refractivity contribution is -0.148. The molecule has 0 bridgehead atoms. The van der Waals surface area contributed by atoms with Crippen molar-refractivity contribution in [1.29, 1.82) is 0 Å². The number of aromatic nitrogens is 2. The van der Waals surface area contributed by atoms with Gasteiger partial charge in [0.2, 0.25) is 0 Å². The van der Waals surface area contributed by atoms with Gasteiger partial charge in [-0.05, 0) is 31.0 Å². The molecule has 1 atom stereocenters. The maximum absolute atomic E-state index is 13.1. The van der Waals surface area contributed by atoms with E-state index in [1.165, 1.54) is 0 Å². The summed E-state index contributed by atoms with van der Waals surface area (Å²) in [7, 11) is 1.54. The molecule has 1 N–H and O–H groups in total. The van der Waals surface area contributed by atoms with Crippen LogP contribution in [-0.4, -0.2) is 47.8 Å². The second kappa shape index (κ2) is 11.9. The molecule has 0 aliphatic heterocycles. The molecule has 0 saturated heterocycles. The Morgan fingerprint density at radius 3 is 2.55 bits per heavy atom. The lowest BCUT2D eigenvalue weighted by Crippen LogP contribution is -2.38. The summed E-state index contributed by atoms with van der Waals surface area (Å²) >= 11 is 0. The molecule has 0 radical (unpaired) electrons. The van der Waals surface area contributed by atoms with Crippen molar-refractivity contribution in [1.82, 2.24) is 14.9 Å². The highest BCUT2D eigenvalue weighted by Crippen LogP contribution is 2.12. The summed E-state index contributed by atoms with van der Waals surface area (Å²) in [5.41, 5.74) is 2.67. The lowest BCUT2D eigenvalue weighted by Gasteiger charge is -2.13. The van der Waals surface area contributed by atoms with E-state index in [1.807, 2.05) is 54.6 Å². The van der Waals surface area contributed by atoms with Crippen LogP contribution in [0, 0.1) is 0 Å². The first-order chi connectivity index (χ1) is 16.0. The maximum Gasteiger partial charge on any atom is 0.306 e. The van der Waals surface area contributed by atoms with Gasteiger partial charge >= 0.3 is 5.97 Å². The fourth-order valence-corrected chi connectivity index (χ4v) is 3.56. The van der Waals surface area contributed by atoms with Gasteiger partial charge in [0.15, 0.2) is 6.61 Å². The van der Waals surface area contributed by atoms with E-state index < -0.39 is 11.9 Å². The molecule has 0 spiro atoms. The number of carbonyl (C=O) groups is 2. The van der Waals surface area contributed by atoms with Crippen LogP contribution in [0.4, 0.5) is 0 Å². The fourth-order valence-electron chi connectivity index (χ4n) is 3.56. The summed E-state index contributed by atoms with van der Waals surface area (Å²) in [5.74, 6) is -0.963. The van der Waals surface area contributed by atoms with Crippen molar-refractivity contribution in [2.24, 2.45) is 0 Å². The molecule has 1 heterocycles. The van der Waals surface area contributed by atoms with Gasteiger partial charge in [0.1, 0.15) is 5.69 Å². The Labute approximate surface area is 192 Å². The molecule has 174 valence electrons. The highest BCUT2D eigenvalue weighted by molar-refractivity contribution is 5.80. The van der Waals surface area contributed by atoms with Crippen LogP contribution in [0.25, 0.3) is 11.0 Å². The van der Waals surface area contributed by atoms with Crippen molar-refractivity contribution in [2.45, 2.75) is 38.8 Å². The van der Waals surface area contributed by atoms with Gasteiger partial charge in [-0.3, -0.25) is 14.4 Å². The van der Waals surface area contributed by atoms with Crippen molar-refractivity contribution in [3.63, 3.8) is 0 Å². The summed E-state index contributed by atoms with van der Waals surface area (Å²) in [5, 5.41) is 2.67. The number of fused-ring (bicyclic) bond motifs is 1.